The molecule has 130 valence electrons. The van der Waals surface area contributed by atoms with Gasteiger partial charge in [-0.25, -0.2) is 0 Å². The summed E-state index contributed by atoms with van der Waals surface area (Å²) in [7, 11) is 1.65. The van der Waals surface area contributed by atoms with Crippen LogP contribution in [0, 0.1) is 0 Å². The number of carbonyl (C=O) groups is 1. The Balaban J connectivity index is 1.71. The van der Waals surface area contributed by atoms with E-state index in [9.17, 15) is 4.79 Å². The number of rotatable bonds is 4. The van der Waals surface area contributed by atoms with Crippen molar-refractivity contribution < 1.29 is 14.3 Å². The van der Waals surface area contributed by atoms with Gasteiger partial charge in [0.2, 0.25) is 0 Å². The van der Waals surface area contributed by atoms with Crippen molar-refractivity contribution in [3.63, 3.8) is 0 Å². The summed E-state index contributed by atoms with van der Waals surface area (Å²) in [5.74, 6) is 0.820. The maximum atomic E-state index is 13.1. The van der Waals surface area contributed by atoms with Crippen LogP contribution in [0.5, 0.6) is 5.75 Å². The molecule has 0 saturated carbocycles. The Morgan fingerprint density at radius 3 is 2.92 bits per heavy atom. The number of nitrogens with zero attached hydrogens (tertiary/aromatic N) is 1. The van der Waals surface area contributed by atoms with Gasteiger partial charge < -0.3 is 19.7 Å². The summed E-state index contributed by atoms with van der Waals surface area (Å²) in [6.45, 7) is 1.36. The number of benzene rings is 2. The summed E-state index contributed by atoms with van der Waals surface area (Å²) in [6, 6.07) is 15.5. The Morgan fingerprint density at radius 1 is 1.24 bits per heavy atom. The molecule has 0 spiro atoms. The zero-order valence-electron chi connectivity index (χ0n) is 14.3. The molecule has 4 rings (SSSR count). The van der Waals surface area contributed by atoms with Gasteiger partial charge in [-0.3, -0.25) is 4.79 Å². The molecule has 5 heteroatoms. The van der Waals surface area contributed by atoms with E-state index in [1.54, 1.807) is 7.11 Å². The van der Waals surface area contributed by atoms with Gasteiger partial charge in [-0.2, -0.15) is 0 Å². The fourth-order valence-corrected chi connectivity index (χ4v) is 3.56. The number of ether oxygens (including phenoxy) is 2. The van der Waals surface area contributed by atoms with E-state index in [2.05, 4.69) is 5.32 Å². The van der Waals surface area contributed by atoms with Crippen LogP contribution < -0.4 is 10.1 Å². The SMILES string of the molecule is COc1cccc([C@H]2Nc3ccccc3C(=O)N2C[C@@H]2CCCO2)c1. The molecule has 2 aliphatic heterocycles. The van der Waals surface area contributed by atoms with E-state index in [4.69, 9.17) is 9.47 Å². The number of fused-ring (bicyclic) bond motifs is 1. The predicted molar refractivity (Wildman–Crippen MR) is 95.8 cm³/mol. The van der Waals surface area contributed by atoms with Gasteiger partial charge in [0.15, 0.2) is 0 Å². The molecule has 1 amide bonds. The Hall–Kier alpha value is -2.53. The Labute approximate surface area is 147 Å². The molecule has 2 atom stereocenters. The molecule has 2 aromatic rings. The molecule has 2 aliphatic rings. The first-order valence-electron chi connectivity index (χ1n) is 8.68. The molecule has 0 aliphatic carbocycles. The van der Waals surface area contributed by atoms with E-state index in [0.717, 1.165) is 36.4 Å². The standard InChI is InChI=1S/C20H22N2O3/c1-24-15-7-4-6-14(12-15)19-21-18-10-3-2-9-17(18)20(23)22(19)13-16-8-5-11-25-16/h2-4,6-7,9-10,12,16,19,21H,5,8,11,13H2,1H3/t16-,19-/m0/s1. The van der Waals surface area contributed by atoms with Crippen LogP contribution in [0.4, 0.5) is 5.69 Å². The van der Waals surface area contributed by atoms with Gasteiger partial charge in [-0.1, -0.05) is 24.3 Å². The van der Waals surface area contributed by atoms with Crippen LogP contribution in [0.3, 0.4) is 0 Å². The third kappa shape index (κ3) is 3.07. The summed E-state index contributed by atoms with van der Waals surface area (Å²) < 4.78 is 11.1. The minimum Gasteiger partial charge on any atom is -0.497 e. The number of hydrogen-bond donors (Lipinski definition) is 1. The number of hydrogen-bond acceptors (Lipinski definition) is 4. The number of anilines is 1. The molecule has 0 unspecified atom stereocenters. The van der Waals surface area contributed by atoms with Gasteiger partial charge in [0.25, 0.3) is 5.91 Å². The van der Waals surface area contributed by atoms with Crippen molar-refractivity contribution >= 4 is 11.6 Å². The van der Waals surface area contributed by atoms with Crippen molar-refractivity contribution in [2.75, 3.05) is 25.6 Å². The van der Waals surface area contributed by atoms with E-state index in [-0.39, 0.29) is 18.2 Å². The van der Waals surface area contributed by atoms with Gasteiger partial charge in [0.05, 0.1) is 18.8 Å². The maximum absolute atomic E-state index is 13.1. The van der Waals surface area contributed by atoms with Crippen LogP contribution in [0.25, 0.3) is 0 Å². The average Bonchev–Trinajstić information content (AvgIpc) is 3.17. The van der Waals surface area contributed by atoms with Gasteiger partial charge in [-0.15, -0.1) is 0 Å². The number of carbonyl (C=O) groups excluding carboxylic acids is 1. The summed E-state index contributed by atoms with van der Waals surface area (Å²) in [5.41, 5.74) is 2.57. The normalized spacial score (nSPS) is 22.4. The lowest BCUT2D eigenvalue weighted by Gasteiger charge is -2.39. The number of amides is 1. The van der Waals surface area contributed by atoms with Crippen LogP contribution in [0.2, 0.25) is 0 Å². The molecule has 2 aromatic carbocycles. The van der Waals surface area contributed by atoms with E-state index >= 15 is 0 Å². The van der Waals surface area contributed by atoms with Crippen LogP contribution >= 0.6 is 0 Å². The number of methoxy groups -OCH3 is 1. The highest BCUT2D eigenvalue weighted by Crippen LogP contribution is 2.34. The zero-order valence-corrected chi connectivity index (χ0v) is 14.3. The van der Waals surface area contributed by atoms with Gasteiger partial charge >= 0.3 is 0 Å². The van der Waals surface area contributed by atoms with Crippen molar-refractivity contribution in [1.82, 2.24) is 4.90 Å². The highest BCUT2D eigenvalue weighted by molar-refractivity contribution is 6.01. The molecule has 0 bridgehead atoms. The molecule has 1 saturated heterocycles. The Kier molecular flexibility index (Phi) is 4.32. The van der Waals surface area contributed by atoms with Crippen molar-refractivity contribution in [3.8, 4) is 5.75 Å². The maximum Gasteiger partial charge on any atom is 0.257 e. The fourth-order valence-electron chi connectivity index (χ4n) is 3.56. The topological polar surface area (TPSA) is 50.8 Å². The first-order chi connectivity index (χ1) is 12.3. The summed E-state index contributed by atoms with van der Waals surface area (Å²) in [6.07, 6.45) is 1.92. The lowest BCUT2D eigenvalue weighted by Crippen LogP contribution is -2.46. The van der Waals surface area contributed by atoms with Crippen LogP contribution in [0.15, 0.2) is 48.5 Å². The molecule has 5 nitrogen and oxygen atoms in total. The lowest BCUT2D eigenvalue weighted by molar-refractivity contribution is 0.0427. The van der Waals surface area contributed by atoms with E-state index in [1.165, 1.54) is 0 Å². The van der Waals surface area contributed by atoms with E-state index < -0.39 is 0 Å². The molecule has 2 heterocycles. The zero-order chi connectivity index (χ0) is 17.2. The van der Waals surface area contributed by atoms with Crippen molar-refractivity contribution in [3.05, 3.63) is 59.7 Å². The van der Waals surface area contributed by atoms with Crippen LogP contribution in [-0.2, 0) is 4.74 Å². The largest absolute Gasteiger partial charge is 0.497 e. The van der Waals surface area contributed by atoms with Crippen LogP contribution in [-0.4, -0.2) is 37.2 Å². The molecule has 0 aromatic heterocycles. The summed E-state index contributed by atoms with van der Waals surface area (Å²) >= 11 is 0. The highest BCUT2D eigenvalue weighted by atomic mass is 16.5. The lowest BCUT2D eigenvalue weighted by atomic mass is 10.0. The quantitative estimate of drug-likeness (QED) is 0.928. The highest BCUT2D eigenvalue weighted by Gasteiger charge is 2.35. The molecule has 0 radical (unpaired) electrons. The third-order valence-corrected chi connectivity index (χ3v) is 4.86. The Bertz CT molecular complexity index is 771. The molecule has 25 heavy (non-hydrogen) atoms. The van der Waals surface area contributed by atoms with E-state index in [1.807, 2.05) is 53.4 Å². The van der Waals surface area contributed by atoms with Gasteiger partial charge in [0, 0.05) is 18.8 Å². The second-order valence-corrected chi connectivity index (χ2v) is 6.46. The first kappa shape index (κ1) is 16.0. The predicted octanol–water partition coefficient (Wildman–Crippen LogP) is 3.44. The smallest absolute Gasteiger partial charge is 0.257 e. The monoisotopic (exact) mass is 338 g/mol. The molecule has 1 N–H and O–H groups in total. The van der Waals surface area contributed by atoms with Gasteiger partial charge in [0.1, 0.15) is 11.9 Å². The van der Waals surface area contributed by atoms with Gasteiger partial charge in [-0.05, 0) is 42.7 Å². The molecule has 1 fully saturated rings. The van der Waals surface area contributed by atoms with Crippen molar-refractivity contribution in [2.45, 2.75) is 25.1 Å². The van der Waals surface area contributed by atoms with Crippen molar-refractivity contribution in [1.29, 1.82) is 0 Å². The number of nitrogens with one attached hydrogen (secondary N) is 1. The summed E-state index contributed by atoms with van der Waals surface area (Å²) in [4.78, 5) is 15.0. The first-order valence-corrected chi connectivity index (χ1v) is 8.68. The molecular formula is C20H22N2O3. The Morgan fingerprint density at radius 2 is 2.12 bits per heavy atom. The fraction of sp³-hybridized carbons (Fsp3) is 0.350. The minimum absolute atomic E-state index is 0.0395. The second kappa shape index (κ2) is 6.76. The minimum atomic E-state index is -0.235. The summed E-state index contributed by atoms with van der Waals surface area (Å²) in [5, 5.41) is 3.51. The number of para-hydroxylation sites is 1. The van der Waals surface area contributed by atoms with Crippen LogP contribution in [0.1, 0.15) is 34.9 Å². The molecular weight excluding hydrogens is 316 g/mol. The third-order valence-electron chi connectivity index (χ3n) is 4.86. The second-order valence-electron chi connectivity index (χ2n) is 6.46. The average molecular weight is 338 g/mol. The van der Waals surface area contributed by atoms with E-state index in [0.29, 0.717) is 12.1 Å². The van der Waals surface area contributed by atoms with Crippen molar-refractivity contribution in [2.24, 2.45) is 0 Å².